The molecule has 0 aromatic heterocycles. The largest absolute Gasteiger partial charge is 0.387 e. The van der Waals surface area contributed by atoms with E-state index >= 15 is 0 Å². The summed E-state index contributed by atoms with van der Waals surface area (Å²) in [5.41, 5.74) is -0.409. The summed E-state index contributed by atoms with van der Waals surface area (Å²) in [6.45, 7) is 5.09. The average Bonchev–Trinajstić information content (AvgIpc) is 1.79. The highest BCUT2D eigenvalue weighted by Crippen LogP contribution is 2.16. The molecule has 52 valence electrons. The molecule has 1 aliphatic rings. The van der Waals surface area contributed by atoms with E-state index in [1.54, 1.807) is 0 Å². The van der Waals surface area contributed by atoms with Crippen molar-refractivity contribution in [3.8, 4) is 0 Å². The zero-order valence-electron chi connectivity index (χ0n) is 5.56. The fraction of sp³-hybridized carbons (Fsp3) is 0.714. The molecule has 0 spiro atoms. The first-order valence-corrected chi connectivity index (χ1v) is 3.31. The number of rotatable bonds is 3. The minimum absolute atomic E-state index is 0.409. The van der Waals surface area contributed by atoms with Crippen LogP contribution in [-0.4, -0.2) is 23.8 Å². The Kier molecular flexibility index (Phi) is 1.88. The fourth-order valence-corrected chi connectivity index (χ4v) is 0.961. The van der Waals surface area contributed by atoms with Crippen LogP contribution < -0.4 is 5.32 Å². The van der Waals surface area contributed by atoms with Crippen LogP contribution in [0.4, 0.5) is 0 Å². The molecule has 1 saturated heterocycles. The van der Waals surface area contributed by atoms with Crippen LogP contribution in [0.3, 0.4) is 0 Å². The summed E-state index contributed by atoms with van der Waals surface area (Å²) in [5, 5.41) is 12.5. The van der Waals surface area contributed by atoms with E-state index in [9.17, 15) is 5.11 Å². The summed E-state index contributed by atoms with van der Waals surface area (Å²) >= 11 is 0. The topological polar surface area (TPSA) is 32.3 Å². The summed E-state index contributed by atoms with van der Waals surface area (Å²) < 4.78 is 0. The third-order valence-electron chi connectivity index (χ3n) is 1.72. The number of hydrogen-bond acceptors (Lipinski definition) is 2. The van der Waals surface area contributed by atoms with Gasteiger partial charge in [-0.15, -0.1) is 6.58 Å². The molecule has 2 heteroatoms. The van der Waals surface area contributed by atoms with Crippen LogP contribution in [0.2, 0.25) is 0 Å². The molecule has 9 heavy (non-hydrogen) atoms. The standard InChI is InChI=1S/C7H13NO/c1-2-3-4-7(9)5-8-6-7/h2,8-9H,1,3-6H2. The second kappa shape index (κ2) is 2.50. The van der Waals surface area contributed by atoms with E-state index in [1.807, 2.05) is 6.08 Å². The highest BCUT2D eigenvalue weighted by atomic mass is 16.3. The van der Waals surface area contributed by atoms with Crippen molar-refractivity contribution in [1.82, 2.24) is 5.32 Å². The van der Waals surface area contributed by atoms with E-state index in [2.05, 4.69) is 11.9 Å². The van der Waals surface area contributed by atoms with Gasteiger partial charge in [-0.05, 0) is 12.8 Å². The van der Waals surface area contributed by atoms with Gasteiger partial charge in [-0.25, -0.2) is 0 Å². The lowest BCUT2D eigenvalue weighted by molar-refractivity contribution is -0.0161. The van der Waals surface area contributed by atoms with E-state index in [-0.39, 0.29) is 0 Å². The van der Waals surface area contributed by atoms with Gasteiger partial charge in [0.25, 0.3) is 0 Å². The molecule has 1 fully saturated rings. The van der Waals surface area contributed by atoms with Crippen LogP contribution in [0.15, 0.2) is 12.7 Å². The first-order chi connectivity index (χ1) is 4.27. The highest BCUT2D eigenvalue weighted by molar-refractivity contribution is 4.93. The molecular formula is C7H13NO. The summed E-state index contributed by atoms with van der Waals surface area (Å²) in [5.74, 6) is 0. The van der Waals surface area contributed by atoms with Crippen LogP contribution in [0.5, 0.6) is 0 Å². The summed E-state index contributed by atoms with van der Waals surface area (Å²) in [6, 6.07) is 0. The highest BCUT2D eigenvalue weighted by Gasteiger charge is 2.32. The SMILES string of the molecule is C=CCCC1(O)CNC1. The minimum atomic E-state index is -0.409. The van der Waals surface area contributed by atoms with Crippen LogP contribution in [0.1, 0.15) is 12.8 Å². The molecular weight excluding hydrogens is 114 g/mol. The number of allylic oxidation sites excluding steroid dienone is 1. The van der Waals surface area contributed by atoms with Crippen LogP contribution in [0, 0.1) is 0 Å². The van der Waals surface area contributed by atoms with E-state index < -0.39 is 5.60 Å². The summed E-state index contributed by atoms with van der Waals surface area (Å²) in [7, 11) is 0. The van der Waals surface area contributed by atoms with Gasteiger partial charge < -0.3 is 10.4 Å². The van der Waals surface area contributed by atoms with Crippen LogP contribution >= 0.6 is 0 Å². The second-order valence-electron chi connectivity index (χ2n) is 2.66. The molecule has 0 saturated carbocycles. The molecule has 1 aliphatic heterocycles. The van der Waals surface area contributed by atoms with Gasteiger partial charge in [0.2, 0.25) is 0 Å². The van der Waals surface area contributed by atoms with Gasteiger partial charge in [-0.1, -0.05) is 6.08 Å². The smallest absolute Gasteiger partial charge is 0.0898 e. The van der Waals surface area contributed by atoms with Gasteiger partial charge in [-0.2, -0.15) is 0 Å². The van der Waals surface area contributed by atoms with Gasteiger partial charge in [0, 0.05) is 13.1 Å². The Labute approximate surface area is 55.6 Å². The lowest BCUT2D eigenvalue weighted by Gasteiger charge is -2.37. The van der Waals surface area contributed by atoms with Gasteiger partial charge in [0.1, 0.15) is 0 Å². The van der Waals surface area contributed by atoms with Gasteiger partial charge in [-0.3, -0.25) is 0 Å². The van der Waals surface area contributed by atoms with Crippen LogP contribution in [0.25, 0.3) is 0 Å². The lowest BCUT2D eigenvalue weighted by Crippen LogP contribution is -2.59. The van der Waals surface area contributed by atoms with E-state index in [0.717, 1.165) is 25.9 Å². The zero-order valence-corrected chi connectivity index (χ0v) is 5.56. The van der Waals surface area contributed by atoms with Crippen molar-refractivity contribution in [1.29, 1.82) is 0 Å². The lowest BCUT2D eigenvalue weighted by atomic mass is 9.92. The molecule has 0 radical (unpaired) electrons. The molecule has 0 aromatic rings. The molecule has 0 aliphatic carbocycles. The fourth-order valence-electron chi connectivity index (χ4n) is 0.961. The second-order valence-corrected chi connectivity index (χ2v) is 2.66. The third-order valence-corrected chi connectivity index (χ3v) is 1.72. The average molecular weight is 127 g/mol. The zero-order chi connectivity index (χ0) is 6.74. The Bertz CT molecular complexity index is 107. The minimum Gasteiger partial charge on any atom is -0.387 e. The Morgan fingerprint density at radius 2 is 2.33 bits per heavy atom. The molecule has 0 atom stereocenters. The van der Waals surface area contributed by atoms with E-state index in [4.69, 9.17) is 0 Å². The summed E-state index contributed by atoms with van der Waals surface area (Å²) in [4.78, 5) is 0. The Morgan fingerprint density at radius 3 is 2.67 bits per heavy atom. The summed E-state index contributed by atoms with van der Waals surface area (Å²) in [6.07, 6.45) is 3.61. The number of nitrogens with one attached hydrogen (secondary N) is 1. The monoisotopic (exact) mass is 127 g/mol. The normalized spacial score (nSPS) is 22.8. The molecule has 2 N–H and O–H groups in total. The van der Waals surface area contributed by atoms with Crippen molar-refractivity contribution in [3.63, 3.8) is 0 Å². The molecule has 0 unspecified atom stereocenters. The van der Waals surface area contributed by atoms with Crippen molar-refractivity contribution in [2.24, 2.45) is 0 Å². The number of β-amino-alcohol motifs (C(OH)–C–C–N with tert-alkyl or cyclic N) is 1. The van der Waals surface area contributed by atoms with Crippen molar-refractivity contribution < 1.29 is 5.11 Å². The number of hydrogen-bond donors (Lipinski definition) is 2. The third kappa shape index (κ3) is 1.53. The Hall–Kier alpha value is -0.340. The molecule has 0 aromatic carbocycles. The predicted molar refractivity (Wildman–Crippen MR) is 37.3 cm³/mol. The Balaban J connectivity index is 2.16. The van der Waals surface area contributed by atoms with Crippen LogP contribution in [-0.2, 0) is 0 Å². The van der Waals surface area contributed by atoms with Crippen molar-refractivity contribution in [3.05, 3.63) is 12.7 Å². The maximum absolute atomic E-state index is 9.43. The van der Waals surface area contributed by atoms with Gasteiger partial charge >= 0.3 is 0 Å². The van der Waals surface area contributed by atoms with Gasteiger partial charge in [0.15, 0.2) is 0 Å². The molecule has 1 heterocycles. The molecule has 0 bridgehead atoms. The first-order valence-electron chi connectivity index (χ1n) is 3.31. The van der Waals surface area contributed by atoms with Crippen molar-refractivity contribution in [2.75, 3.05) is 13.1 Å². The first kappa shape index (κ1) is 6.78. The Morgan fingerprint density at radius 1 is 1.67 bits per heavy atom. The quantitative estimate of drug-likeness (QED) is 0.534. The predicted octanol–water partition coefficient (Wildman–Crippen LogP) is 0.287. The maximum atomic E-state index is 9.43. The number of aliphatic hydroxyl groups is 1. The molecule has 0 amide bonds. The molecule has 1 rings (SSSR count). The van der Waals surface area contributed by atoms with E-state index in [1.165, 1.54) is 0 Å². The van der Waals surface area contributed by atoms with Crippen molar-refractivity contribution in [2.45, 2.75) is 18.4 Å². The van der Waals surface area contributed by atoms with Gasteiger partial charge in [0.05, 0.1) is 5.60 Å². The van der Waals surface area contributed by atoms with Crippen molar-refractivity contribution >= 4 is 0 Å². The molecule has 2 nitrogen and oxygen atoms in total. The van der Waals surface area contributed by atoms with E-state index in [0.29, 0.717) is 0 Å². The maximum Gasteiger partial charge on any atom is 0.0898 e.